The second-order valence-corrected chi connectivity index (χ2v) is 11.2. The van der Waals surface area contributed by atoms with Crippen LogP contribution in [-0.4, -0.2) is 44.4 Å². The van der Waals surface area contributed by atoms with Gasteiger partial charge in [-0.2, -0.15) is 13.7 Å². The molecule has 1 saturated heterocycles. The van der Waals surface area contributed by atoms with E-state index in [1.54, 1.807) is 12.1 Å². The van der Waals surface area contributed by atoms with Crippen LogP contribution in [0, 0.1) is 11.3 Å². The van der Waals surface area contributed by atoms with E-state index in [2.05, 4.69) is 27.3 Å². The molecule has 0 radical (unpaired) electrons. The third-order valence-electron chi connectivity index (χ3n) is 7.27. The third kappa shape index (κ3) is 4.88. The van der Waals surface area contributed by atoms with Crippen molar-refractivity contribution < 1.29 is 22.1 Å². The quantitative estimate of drug-likeness (QED) is 0.303. The van der Waals surface area contributed by atoms with Crippen molar-refractivity contribution in [2.24, 2.45) is 0 Å². The first kappa shape index (κ1) is 27.5. The molecule has 2 aliphatic rings. The summed E-state index contributed by atoms with van der Waals surface area (Å²) >= 11 is 0. The molecule has 3 aromatic carbocycles. The average molecular weight is 579 g/mol. The molecule has 0 unspecified atom stereocenters. The summed E-state index contributed by atoms with van der Waals surface area (Å²) in [5.74, 6) is -0.256. The maximum Gasteiger partial charge on any atom is 0.340 e. The Bertz CT molecular complexity index is 1770. The molecule has 2 aliphatic heterocycles. The van der Waals surface area contributed by atoms with Crippen LogP contribution in [0.25, 0.3) is 22.2 Å². The summed E-state index contributed by atoms with van der Waals surface area (Å²) in [5, 5.41) is 13.2. The first-order chi connectivity index (χ1) is 18.9. The van der Waals surface area contributed by atoms with Gasteiger partial charge in [-0.25, -0.2) is 0 Å². The van der Waals surface area contributed by atoms with Gasteiger partial charge in [0.05, 0.1) is 18.2 Å². The van der Waals surface area contributed by atoms with Crippen molar-refractivity contribution in [3.8, 4) is 28.8 Å². The van der Waals surface area contributed by atoms with Crippen LogP contribution in [0.4, 0.5) is 0 Å². The number of nitriles is 1. The van der Waals surface area contributed by atoms with Gasteiger partial charge in [0.25, 0.3) is 5.91 Å². The number of carbonyl (C=O) groups is 1. The third-order valence-corrected chi connectivity index (χ3v) is 8.55. The van der Waals surface area contributed by atoms with Crippen LogP contribution >= 0.6 is 12.4 Å². The Morgan fingerprint density at radius 1 is 1.07 bits per heavy atom. The molecule has 0 aliphatic carbocycles. The van der Waals surface area contributed by atoms with Crippen LogP contribution in [0.3, 0.4) is 0 Å². The van der Waals surface area contributed by atoms with Crippen LogP contribution in [0.5, 0.6) is 11.5 Å². The number of benzene rings is 3. The number of H-pyrrole nitrogens is 1. The molecular weight excluding hydrogens is 552 g/mol. The second-order valence-electron chi connectivity index (χ2n) is 9.73. The zero-order valence-electron chi connectivity index (χ0n) is 21.7. The smallest absolute Gasteiger partial charge is 0.340 e. The zero-order valence-corrected chi connectivity index (χ0v) is 23.3. The summed E-state index contributed by atoms with van der Waals surface area (Å²) in [6.45, 7) is 3.20. The highest BCUT2D eigenvalue weighted by molar-refractivity contribution is 7.87. The van der Waals surface area contributed by atoms with Crippen molar-refractivity contribution >= 4 is 39.3 Å². The Balaban J connectivity index is 0.00000323. The van der Waals surface area contributed by atoms with Crippen molar-refractivity contribution in [3.05, 3.63) is 76.9 Å². The Labute approximate surface area is 238 Å². The van der Waals surface area contributed by atoms with Crippen molar-refractivity contribution in [2.75, 3.05) is 20.2 Å². The van der Waals surface area contributed by atoms with E-state index >= 15 is 0 Å². The Morgan fingerprint density at radius 3 is 2.60 bits per heavy atom. The predicted octanol–water partition coefficient (Wildman–Crippen LogP) is 4.74. The van der Waals surface area contributed by atoms with Gasteiger partial charge in [0.1, 0.15) is 11.0 Å². The first-order valence-electron chi connectivity index (χ1n) is 12.7. The van der Waals surface area contributed by atoms with E-state index in [4.69, 9.17) is 8.92 Å². The minimum atomic E-state index is -4.39. The van der Waals surface area contributed by atoms with Crippen molar-refractivity contribution in [1.29, 1.82) is 5.26 Å². The fourth-order valence-corrected chi connectivity index (χ4v) is 6.51. The van der Waals surface area contributed by atoms with Crippen LogP contribution < -0.4 is 14.2 Å². The molecule has 9 nitrogen and oxygen atoms in total. The normalized spacial score (nSPS) is 14.8. The molecule has 1 aromatic heterocycles. The van der Waals surface area contributed by atoms with Crippen LogP contribution in [0.2, 0.25) is 0 Å². The highest BCUT2D eigenvalue weighted by Crippen LogP contribution is 2.44. The lowest BCUT2D eigenvalue weighted by molar-refractivity contribution is 0.0966. The fourth-order valence-electron chi connectivity index (χ4n) is 5.39. The summed E-state index contributed by atoms with van der Waals surface area (Å²) in [5.41, 5.74) is 4.09. The van der Waals surface area contributed by atoms with Gasteiger partial charge in [-0.1, -0.05) is 18.2 Å². The number of ether oxygens (including phenoxy) is 1. The van der Waals surface area contributed by atoms with Crippen LogP contribution in [0.1, 0.15) is 39.9 Å². The lowest BCUT2D eigenvalue weighted by atomic mass is 9.98. The molecule has 1 amide bonds. The van der Waals surface area contributed by atoms with E-state index in [0.717, 1.165) is 30.5 Å². The van der Waals surface area contributed by atoms with Gasteiger partial charge in [-0.3, -0.25) is 9.69 Å². The molecule has 1 fully saturated rings. The maximum absolute atomic E-state index is 13.2. The number of rotatable bonds is 7. The molecule has 11 heteroatoms. The van der Waals surface area contributed by atoms with Crippen LogP contribution in [-0.2, 0) is 23.2 Å². The van der Waals surface area contributed by atoms with E-state index < -0.39 is 10.1 Å². The highest BCUT2D eigenvalue weighted by atomic mass is 35.5. The zero-order chi connectivity index (χ0) is 27.1. The molecular formula is C29H27ClN4O5S. The van der Waals surface area contributed by atoms with Crippen molar-refractivity contribution in [1.82, 2.24) is 15.2 Å². The van der Waals surface area contributed by atoms with Gasteiger partial charge in [-0.05, 0) is 67.9 Å². The summed E-state index contributed by atoms with van der Waals surface area (Å²) in [7, 11) is -2.98. The van der Waals surface area contributed by atoms with Gasteiger partial charge < -0.3 is 19.2 Å². The molecule has 206 valence electrons. The lowest BCUT2D eigenvalue weighted by Crippen LogP contribution is -2.18. The number of fused-ring (bicyclic) bond motifs is 2. The molecule has 40 heavy (non-hydrogen) atoms. The van der Waals surface area contributed by atoms with Crippen LogP contribution in [0.15, 0.2) is 59.5 Å². The van der Waals surface area contributed by atoms with E-state index in [1.165, 1.54) is 43.7 Å². The number of carbonyl (C=O) groups excluding carboxylic acids is 1. The minimum Gasteiger partial charge on any atom is -0.493 e. The summed E-state index contributed by atoms with van der Waals surface area (Å²) < 4.78 is 37.6. The number of methoxy groups -OCH3 is 1. The monoisotopic (exact) mass is 578 g/mol. The topological polar surface area (TPSA) is 125 Å². The van der Waals surface area contributed by atoms with E-state index in [9.17, 15) is 18.5 Å². The first-order valence-corrected chi connectivity index (χ1v) is 14.1. The number of halogens is 1. The number of aromatic nitrogens is 1. The Kier molecular flexibility index (Phi) is 7.47. The number of hydrogen-bond acceptors (Lipinski definition) is 7. The van der Waals surface area contributed by atoms with E-state index in [-0.39, 0.29) is 46.8 Å². The number of nitrogens with one attached hydrogen (secondary N) is 2. The molecule has 0 saturated carbocycles. The molecule has 3 heterocycles. The van der Waals surface area contributed by atoms with Gasteiger partial charge in [-0.15, -0.1) is 12.4 Å². The summed E-state index contributed by atoms with van der Waals surface area (Å²) in [4.78, 5) is 18.6. The largest absolute Gasteiger partial charge is 0.493 e. The molecule has 4 aromatic rings. The summed E-state index contributed by atoms with van der Waals surface area (Å²) in [6.07, 6.45) is 2.47. The minimum absolute atomic E-state index is 0. The number of aromatic amines is 1. The predicted molar refractivity (Wildman–Crippen MR) is 152 cm³/mol. The Morgan fingerprint density at radius 2 is 1.85 bits per heavy atom. The van der Waals surface area contributed by atoms with E-state index in [1.807, 2.05) is 18.2 Å². The Hall–Kier alpha value is -4.04. The number of amides is 1. The summed E-state index contributed by atoms with van der Waals surface area (Å²) in [6, 6.07) is 17.6. The molecule has 0 spiro atoms. The van der Waals surface area contributed by atoms with Crippen molar-refractivity contribution in [3.63, 3.8) is 0 Å². The molecule has 0 bridgehead atoms. The van der Waals surface area contributed by atoms with E-state index in [0.29, 0.717) is 22.4 Å². The van der Waals surface area contributed by atoms with Gasteiger partial charge in [0.2, 0.25) is 0 Å². The second kappa shape index (κ2) is 10.8. The molecule has 6 rings (SSSR count). The van der Waals surface area contributed by atoms with Crippen molar-refractivity contribution in [2.45, 2.75) is 30.8 Å². The maximum atomic E-state index is 13.2. The average Bonchev–Trinajstić information content (AvgIpc) is 3.69. The molecule has 2 N–H and O–H groups in total. The lowest BCUT2D eigenvalue weighted by Gasteiger charge is -2.16. The van der Waals surface area contributed by atoms with Gasteiger partial charge >= 0.3 is 10.1 Å². The van der Waals surface area contributed by atoms with Gasteiger partial charge in [0, 0.05) is 40.8 Å². The number of likely N-dealkylation sites (tertiary alicyclic amines) is 1. The number of hydrogen-bond donors (Lipinski definition) is 2. The standard InChI is InChI=1S/C29H26N4O5S.ClH/c1-37-25-14-21(24-13-20-12-18(8-9-23(20)32-24)17-33-10-4-5-11-33)27-22(16-31-29(27)34)28(25)38-39(35,36)26-7-3-2-6-19(26)15-30;/h2-3,6-9,12-14,32H,4-5,10-11,16-17H2,1H3,(H,31,34);1H. The highest BCUT2D eigenvalue weighted by Gasteiger charge is 2.33. The number of nitrogens with zero attached hydrogens (tertiary/aromatic N) is 2. The SMILES string of the molecule is COc1cc(-c2cc3cc(CN4CCCC4)ccc3[nH]2)c2c(c1OS(=O)(=O)c1ccccc1C#N)CNC2=O.Cl. The molecule has 0 atom stereocenters. The van der Waals surface area contributed by atoms with Gasteiger partial charge in [0.15, 0.2) is 11.5 Å². The fraction of sp³-hybridized carbons (Fsp3) is 0.241.